The number of aromatic nitrogens is 2. The van der Waals surface area contributed by atoms with E-state index in [0.29, 0.717) is 10.8 Å². The van der Waals surface area contributed by atoms with Gasteiger partial charge in [-0.2, -0.15) is 0 Å². The van der Waals surface area contributed by atoms with Crippen molar-refractivity contribution < 1.29 is 9.18 Å². The van der Waals surface area contributed by atoms with Gasteiger partial charge in [-0.15, -0.1) is 0 Å². The van der Waals surface area contributed by atoms with Crippen molar-refractivity contribution in [2.75, 3.05) is 0 Å². The Morgan fingerprint density at radius 3 is 2.64 bits per heavy atom. The summed E-state index contributed by atoms with van der Waals surface area (Å²) in [6, 6.07) is 6.11. The summed E-state index contributed by atoms with van der Waals surface area (Å²) in [5, 5.41) is 4.65. The van der Waals surface area contributed by atoms with Gasteiger partial charge in [0, 0.05) is 28.7 Å². The zero-order chi connectivity index (χ0) is 17.6. The van der Waals surface area contributed by atoms with Crippen molar-refractivity contribution in [3.8, 4) is 0 Å². The lowest BCUT2D eigenvalue weighted by Gasteiger charge is -2.28. The number of thioether (sulfide) groups is 1. The van der Waals surface area contributed by atoms with Crippen molar-refractivity contribution in [1.82, 2.24) is 15.3 Å². The molecule has 0 unspecified atom stereocenters. The lowest BCUT2D eigenvalue weighted by Crippen LogP contribution is -2.39. The van der Waals surface area contributed by atoms with Gasteiger partial charge < -0.3 is 5.32 Å². The van der Waals surface area contributed by atoms with Gasteiger partial charge in [0.05, 0.1) is 6.42 Å². The predicted molar refractivity (Wildman–Crippen MR) is 97.2 cm³/mol. The molecule has 0 atom stereocenters. The number of benzene rings is 1. The maximum absolute atomic E-state index is 13.1. The molecule has 1 heterocycles. The Bertz CT molecular complexity index is 724. The smallest absolute Gasteiger partial charge is 0.224 e. The molecule has 0 bridgehead atoms. The summed E-state index contributed by atoms with van der Waals surface area (Å²) in [6.07, 6.45) is 7.59. The predicted octanol–water partition coefficient (Wildman–Crippen LogP) is 4.03. The number of nitrogens with zero attached hydrogens (tertiary/aromatic N) is 2. The number of nitrogens with one attached hydrogen (secondary N) is 1. The Balaban J connectivity index is 1.44. The molecule has 132 valence electrons. The molecule has 1 amide bonds. The molecule has 0 spiro atoms. The van der Waals surface area contributed by atoms with Crippen LogP contribution in [0.1, 0.15) is 31.2 Å². The third-order valence-electron chi connectivity index (χ3n) is 4.22. The van der Waals surface area contributed by atoms with Gasteiger partial charge in [-0.1, -0.05) is 29.4 Å². The monoisotopic (exact) mass is 379 g/mol. The van der Waals surface area contributed by atoms with Crippen LogP contribution in [-0.4, -0.2) is 27.2 Å². The molecular formula is C18H19ClFN3OS. The summed E-state index contributed by atoms with van der Waals surface area (Å²) in [4.78, 5) is 20.7. The Morgan fingerprint density at radius 1 is 1.24 bits per heavy atom. The molecule has 1 aliphatic rings. The van der Waals surface area contributed by atoms with E-state index in [9.17, 15) is 9.18 Å². The van der Waals surface area contributed by atoms with Crippen LogP contribution in [0.25, 0.3) is 0 Å². The van der Waals surface area contributed by atoms with Crippen molar-refractivity contribution in [2.24, 2.45) is 0 Å². The van der Waals surface area contributed by atoms with Crippen LogP contribution in [-0.2, 0) is 11.2 Å². The van der Waals surface area contributed by atoms with E-state index in [1.807, 2.05) is 6.07 Å². The Morgan fingerprint density at radius 2 is 1.96 bits per heavy atom. The van der Waals surface area contributed by atoms with Crippen LogP contribution < -0.4 is 5.32 Å². The SMILES string of the molecule is O=C(Cc1ccc(F)cc1Cl)NC1CCC(Sc2ncccn2)CC1. The Hall–Kier alpha value is -1.66. The highest BCUT2D eigenvalue weighted by Gasteiger charge is 2.24. The molecular weight excluding hydrogens is 361 g/mol. The van der Waals surface area contributed by atoms with Gasteiger partial charge in [-0.3, -0.25) is 4.79 Å². The molecule has 3 rings (SSSR count). The first-order chi connectivity index (χ1) is 12.1. The summed E-state index contributed by atoms with van der Waals surface area (Å²) in [5.74, 6) is -0.469. The van der Waals surface area contributed by atoms with Gasteiger partial charge in [0.1, 0.15) is 5.82 Å². The highest BCUT2D eigenvalue weighted by atomic mass is 35.5. The second kappa shape index (κ2) is 8.63. The fourth-order valence-electron chi connectivity index (χ4n) is 2.94. The number of rotatable bonds is 5. The van der Waals surface area contributed by atoms with E-state index in [2.05, 4.69) is 15.3 Å². The van der Waals surface area contributed by atoms with E-state index < -0.39 is 5.82 Å². The normalized spacial score (nSPS) is 20.2. The average molecular weight is 380 g/mol. The molecule has 1 aromatic heterocycles. The second-order valence-corrected chi connectivity index (χ2v) is 7.78. The first kappa shape index (κ1) is 18.1. The first-order valence-corrected chi connectivity index (χ1v) is 9.53. The Kier molecular flexibility index (Phi) is 6.26. The van der Waals surface area contributed by atoms with Crippen LogP contribution in [0.2, 0.25) is 5.02 Å². The molecule has 2 aromatic rings. The molecule has 7 heteroatoms. The summed E-state index contributed by atoms with van der Waals surface area (Å²) in [7, 11) is 0. The lowest BCUT2D eigenvalue weighted by molar-refractivity contribution is -0.121. The largest absolute Gasteiger partial charge is 0.353 e. The maximum Gasteiger partial charge on any atom is 0.224 e. The number of carbonyl (C=O) groups is 1. The standard InChI is InChI=1S/C18H19ClFN3OS/c19-16-11-13(20)3-2-12(16)10-17(24)23-14-4-6-15(7-5-14)25-18-21-8-1-9-22-18/h1-3,8-9,11,14-15H,4-7,10H2,(H,23,24). The number of carbonyl (C=O) groups excluding carboxylic acids is 1. The molecule has 0 saturated heterocycles. The van der Waals surface area contributed by atoms with Gasteiger partial charge in [-0.25, -0.2) is 14.4 Å². The quantitative estimate of drug-likeness (QED) is 0.797. The molecule has 0 radical (unpaired) electrons. The number of halogens is 2. The minimum Gasteiger partial charge on any atom is -0.353 e. The topological polar surface area (TPSA) is 54.9 Å². The maximum atomic E-state index is 13.1. The molecule has 1 aliphatic carbocycles. The van der Waals surface area contributed by atoms with Crippen molar-refractivity contribution >= 4 is 29.3 Å². The van der Waals surface area contributed by atoms with Crippen molar-refractivity contribution in [1.29, 1.82) is 0 Å². The van der Waals surface area contributed by atoms with Crippen LogP contribution in [0.15, 0.2) is 41.8 Å². The number of amides is 1. The van der Waals surface area contributed by atoms with Gasteiger partial charge in [0.25, 0.3) is 0 Å². The zero-order valence-electron chi connectivity index (χ0n) is 13.6. The summed E-state index contributed by atoms with van der Waals surface area (Å²) in [5.41, 5.74) is 0.644. The van der Waals surface area contributed by atoms with Crippen LogP contribution in [0, 0.1) is 5.82 Å². The van der Waals surface area contributed by atoms with Gasteiger partial charge in [-0.05, 0) is 49.4 Å². The minimum absolute atomic E-state index is 0.0731. The highest BCUT2D eigenvalue weighted by molar-refractivity contribution is 7.99. The highest BCUT2D eigenvalue weighted by Crippen LogP contribution is 2.31. The second-order valence-electron chi connectivity index (χ2n) is 6.10. The van der Waals surface area contributed by atoms with E-state index in [0.717, 1.165) is 30.8 Å². The van der Waals surface area contributed by atoms with Gasteiger partial charge in [0.15, 0.2) is 5.16 Å². The summed E-state index contributed by atoms with van der Waals surface area (Å²) < 4.78 is 13.1. The molecule has 1 aromatic carbocycles. The fourth-order valence-corrected chi connectivity index (χ4v) is 4.22. The fraction of sp³-hybridized carbons (Fsp3) is 0.389. The van der Waals surface area contributed by atoms with E-state index in [1.54, 1.807) is 30.2 Å². The van der Waals surface area contributed by atoms with E-state index in [1.165, 1.54) is 12.1 Å². The molecule has 1 fully saturated rings. The van der Waals surface area contributed by atoms with Crippen LogP contribution in [0.3, 0.4) is 0 Å². The van der Waals surface area contributed by atoms with E-state index in [-0.39, 0.29) is 23.4 Å². The van der Waals surface area contributed by atoms with Gasteiger partial charge >= 0.3 is 0 Å². The third-order valence-corrected chi connectivity index (χ3v) is 5.80. The molecule has 1 N–H and O–H groups in total. The number of hydrogen-bond acceptors (Lipinski definition) is 4. The van der Waals surface area contributed by atoms with Gasteiger partial charge in [0.2, 0.25) is 5.91 Å². The van der Waals surface area contributed by atoms with Crippen LogP contribution >= 0.6 is 23.4 Å². The molecule has 1 saturated carbocycles. The van der Waals surface area contributed by atoms with Crippen molar-refractivity contribution in [2.45, 2.75) is 48.6 Å². The third kappa shape index (κ3) is 5.41. The molecule has 4 nitrogen and oxygen atoms in total. The number of hydrogen-bond donors (Lipinski definition) is 1. The van der Waals surface area contributed by atoms with Crippen molar-refractivity contribution in [3.05, 3.63) is 53.1 Å². The molecule has 0 aliphatic heterocycles. The Labute approximate surface area is 155 Å². The van der Waals surface area contributed by atoms with E-state index in [4.69, 9.17) is 11.6 Å². The van der Waals surface area contributed by atoms with E-state index >= 15 is 0 Å². The van der Waals surface area contributed by atoms with Crippen LogP contribution in [0.5, 0.6) is 0 Å². The van der Waals surface area contributed by atoms with Crippen molar-refractivity contribution in [3.63, 3.8) is 0 Å². The minimum atomic E-state index is -0.396. The first-order valence-electron chi connectivity index (χ1n) is 8.27. The van der Waals surface area contributed by atoms with Crippen LogP contribution in [0.4, 0.5) is 4.39 Å². The zero-order valence-corrected chi connectivity index (χ0v) is 15.2. The summed E-state index contributed by atoms with van der Waals surface area (Å²) >= 11 is 7.68. The summed E-state index contributed by atoms with van der Waals surface area (Å²) in [6.45, 7) is 0. The average Bonchev–Trinajstić information content (AvgIpc) is 2.60. The lowest BCUT2D eigenvalue weighted by atomic mass is 9.95. The molecule has 25 heavy (non-hydrogen) atoms.